The number of carbonyl (C=O) groups is 2. The van der Waals surface area contributed by atoms with Crippen LogP contribution in [0.15, 0.2) is 53.4 Å². The molecule has 0 radical (unpaired) electrons. The predicted octanol–water partition coefficient (Wildman–Crippen LogP) is 4.13. The van der Waals surface area contributed by atoms with Gasteiger partial charge in [-0.25, -0.2) is 9.10 Å². The zero-order chi connectivity index (χ0) is 17.6. The van der Waals surface area contributed by atoms with Gasteiger partial charge in [0.2, 0.25) is 0 Å². The molecule has 1 aliphatic heterocycles. The Hall–Kier alpha value is -2.31. The summed E-state index contributed by atoms with van der Waals surface area (Å²) < 4.78 is 2.32. The number of nitrogens with zero attached hydrogens (tertiary/aromatic N) is 1. The van der Waals surface area contributed by atoms with E-state index in [1.165, 1.54) is 25.3 Å². The maximum absolute atomic E-state index is 12.5. The Morgan fingerprint density at radius 1 is 1.00 bits per heavy atom. The summed E-state index contributed by atoms with van der Waals surface area (Å²) in [7, 11) is 0. The molecular weight excluding hydrogens is 336 g/mol. The number of rotatable bonds is 5. The lowest BCUT2D eigenvalue weighted by Crippen LogP contribution is -2.22. The maximum Gasteiger partial charge on any atom is 0.337 e. The number of para-hydroxylation sites is 1. The number of hydrogen-bond donors (Lipinski definition) is 2. The van der Waals surface area contributed by atoms with Crippen molar-refractivity contribution in [3.63, 3.8) is 0 Å². The van der Waals surface area contributed by atoms with Gasteiger partial charge in [-0.15, -0.1) is 0 Å². The Kier molecular flexibility index (Phi) is 5.73. The van der Waals surface area contributed by atoms with Crippen molar-refractivity contribution < 1.29 is 14.7 Å². The minimum absolute atomic E-state index is 0.0784. The van der Waals surface area contributed by atoms with Crippen LogP contribution in [0.25, 0.3) is 0 Å². The first-order valence-corrected chi connectivity index (χ1v) is 9.07. The molecule has 130 valence electrons. The molecule has 1 saturated heterocycles. The molecule has 2 aromatic carbocycles. The number of aromatic carboxylic acids is 1. The van der Waals surface area contributed by atoms with Gasteiger partial charge >= 0.3 is 5.97 Å². The number of carboxylic acid groups (broad SMARTS) is 1. The Balaban J connectivity index is 1.72. The van der Waals surface area contributed by atoms with Crippen LogP contribution in [0.5, 0.6) is 0 Å². The quantitative estimate of drug-likeness (QED) is 0.788. The molecule has 0 spiro atoms. The molecule has 0 bridgehead atoms. The Morgan fingerprint density at radius 2 is 1.76 bits per heavy atom. The van der Waals surface area contributed by atoms with E-state index >= 15 is 0 Å². The van der Waals surface area contributed by atoms with Crippen LogP contribution < -0.4 is 5.32 Å². The number of anilines is 1. The molecule has 25 heavy (non-hydrogen) atoms. The molecule has 0 atom stereocenters. The van der Waals surface area contributed by atoms with E-state index in [1.54, 1.807) is 36.2 Å². The van der Waals surface area contributed by atoms with Crippen LogP contribution in [0, 0.1) is 0 Å². The SMILES string of the molecule is O=C(Nc1ccccc1C(=O)O)c1cccc(SN2CCCCC2)c1. The molecule has 0 saturated carbocycles. The fraction of sp³-hybridized carbons (Fsp3) is 0.263. The third kappa shape index (κ3) is 4.61. The third-order valence-electron chi connectivity index (χ3n) is 4.05. The second-order valence-electron chi connectivity index (χ2n) is 5.91. The van der Waals surface area contributed by atoms with E-state index in [1.807, 2.05) is 18.2 Å². The smallest absolute Gasteiger partial charge is 0.337 e. The Bertz CT molecular complexity index is 773. The van der Waals surface area contributed by atoms with Crippen LogP contribution in [0.4, 0.5) is 5.69 Å². The molecule has 0 aliphatic carbocycles. The number of hydrogen-bond acceptors (Lipinski definition) is 4. The predicted molar refractivity (Wildman–Crippen MR) is 99.1 cm³/mol. The second kappa shape index (κ2) is 8.18. The topological polar surface area (TPSA) is 69.6 Å². The van der Waals surface area contributed by atoms with Gasteiger partial charge in [0, 0.05) is 23.5 Å². The van der Waals surface area contributed by atoms with Gasteiger partial charge in [0.1, 0.15) is 0 Å². The first kappa shape index (κ1) is 17.5. The van der Waals surface area contributed by atoms with Gasteiger partial charge in [-0.2, -0.15) is 0 Å². The van der Waals surface area contributed by atoms with Gasteiger partial charge < -0.3 is 10.4 Å². The highest BCUT2D eigenvalue weighted by atomic mass is 32.2. The van der Waals surface area contributed by atoms with Crippen LogP contribution in [0.2, 0.25) is 0 Å². The first-order valence-electron chi connectivity index (χ1n) is 8.30. The van der Waals surface area contributed by atoms with Crippen LogP contribution in [0.1, 0.15) is 40.0 Å². The fourth-order valence-electron chi connectivity index (χ4n) is 2.77. The summed E-state index contributed by atoms with van der Waals surface area (Å²) in [6.07, 6.45) is 3.70. The van der Waals surface area contributed by atoms with Crippen LogP contribution in [0.3, 0.4) is 0 Å². The van der Waals surface area contributed by atoms with E-state index in [0.29, 0.717) is 11.3 Å². The zero-order valence-corrected chi connectivity index (χ0v) is 14.6. The van der Waals surface area contributed by atoms with Crippen LogP contribution in [-0.2, 0) is 0 Å². The van der Waals surface area contributed by atoms with Crippen molar-refractivity contribution in [2.24, 2.45) is 0 Å². The van der Waals surface area contributed by atoms with Crippen molar-refractivity contribution in [2.75, 3.05) is 18.4 Å². The second-order valence-corrected chi connectivity index (χ2v) is 7.08. The average Bonchev–Trinajstić information content (AvgIpc) is 2.63. The minimum Gasteiger partial charge on any atom is -0.478 e. The van der Waals surface area contributed by atoms with E-state index < -0.39 is 5.97 Å². The monoisotopic (exact) mass is 356 g/mol. The number of nitrogens with one attached hydrogen (secondary N) is 1. The molecule has 2 aromatic rings. The number of benzene rings is 2. The van der Waals surface area contributed by atoms with Crippen LogP contribution >= 0.6 is 11.9 Å². The lowest BCUT2D eigenvalue weighted by molar-refractivity contribution is 0.0698. The molecule has 1 amide bonds. The molecule has 5 nitrogen and oxygen atoms in total. The van der Waals surface area contributed by atoms with Gasteiger partial charge in [0.05, 0.1) is 11.3 Å². The minimum atomic E-state index is -1.06. The van der Waals surface area contributed by atoms with Gasteiger partial charge in [-0.1, -0.05) is 24.6 Å². The summed E-state index contributed by atoms with van der Waals surface area (Å²) in [5, 5.41) is 11.9. The highest BCUT2D eigenvalue weighted by Crippen LogP contribution is 2.27. The van der Waals surface area contributed by atoms with Crippen molar-refractivity contribution >= 4 is 29.5 Å². The molecule has 0 unspecified atom stereocenters. The fourth-order valence-corrected chi connectivity index (χ4v) is 3.83. The molecule has 1 aliphatic rings. The van der Waals surface area contributed by atoms with E-state index in [0.717, 1.165) is 18.0 Å². The number of carboxylic acids is 1. The van der Waals surface area contributed by atoms with Gasteiger partial charge in [0.15, 0.2) is 0 Å². The largest absolute Gasteiger partial charge is 0.478 e. The normalized spacial score (nSPS) is 14.9. The Morgan fingerprint density at radius 3 is 2.52 bits per heavy atom. The number of carbonyl (C=O) groups excluding carboxylic acids is 1. The lowest BCUT2D eigenvalue weighted by Gasteiger charge is -2.25. The van der Waals surface area contributed by atoms with Gasteiger partial charge in [-0.05, 0) is 55.1 Å². The van der Waals surface area contributed by atoms with Crippen molar-refractivity contribution in [2.45, 2.75) is 24.2 Å². The third-order valence-corrected chi connectivity index (χ3v) is 5.14. The summed E-state index contributed by atoms with van der Waals surface area (Å²) in [6.45, 7) is 2.13. The van der Waals surface area contributed by atoms with E-state index in [9.17, 15) is 14.7 Å². The maximum atomic E-state index is 12.5. The van der Waals surface area contributed by atoms with E-state index in [2.05, 4.69) is 9.62 Å². The van der Waals surface area contributed by atoms with Crippen LogP contribution in [-0.4, -0.2) is 34.4 Å². The highest BCUT2D eigenvalue weighted by molar-refractivity contribution is 7.97. The molecule has 0 aromatic heterocycles. The highest BCUT2D eigenvalue weighted by Gasteiger charge is 2.15. The first-order chi connectivity index (χ1) is 12.1. The lowest BCUT2D eigenvalue weighted by atomic mass is 10.1. The molecule has 1 fully saturated rings. The molecular formula is C19H20N2O3S. The summed E-state index contributed by atoms with van der Waals surface area (Å²) in [5.74, 6) is -1.37. The number of piperidine rings is 1. The molecule has 1 heterocycles. The molecule has 3 rings (SSSR count). The van der Waals surface area contributed by atoms with Crippen molar-refractivity contribution in [1.82, 2.24) is 4.31 Å². The average molecular weight is 356 g/mol. The van der Waals surface area contributed by atoms with Gasteiger partial charge in [0.25, 0.3) is 5.91 Å². The summed E-state index contributed by atoms with van der Waals surface area (Å²) >= 11 is 1.67. The molecule has 6 heteroatoms. The zero-order valence-electron chi connectivity index (χ0n) is 13.8. The number of amides is 1. The molecule has 2 N–H and O–H groups in total. The van der Waals surface area contributed by atoms with Gasteiger partial charge in [-0.3, -0.25) is 4.79 Å². The van der Waals surface area contributed by atoms with E-state index in [-0.39, 0.29) is 11.5 Å². The summed E-state index contributed by atoms with van der Waals surface area (Å²) in [4.78, 5) is 24.8. The summed E-state index contributed by atoms with van der Waals surface area (Å²) in [5.41, 5.74) is 0.894. The summed E-state index contributed by atoms with van der Waals surface area (Å²) in [6, 6.07) is 13.8. The standard InChI is InChI=1S/C19H20N2O3S/c22-18(20-17-10-3-2-9-16(17)19(23)24)14-7-6-8-15(13-14)25-21-11-4-1-5-12-21/h2-3,6-10,13H,1,4-5,11-12H2,(H,20,22)(H,23,24). The van der Waals surface area contributed by atoms with E-state index in [4.69, 9.17) is 0 Å². The Labute approximate surface area is 151 Å². The van der Waals surface area contributed by atoms with Crippen molar-refractivity contribution in [3.05, 3.63) is 59.7 Å². The van der Waals surface area contributed by atoms with Crippen molar-refractivity contribution in [3.8, 4) is 0 Å². The van der Waals surface area contributed by atoms with Crippen molar-refractivity contribution in [1.29, 1.82) is 0 Å².